The number of rotatable bonds is 3. The minimum atomic E-state index is -4.41. The summed E-state index contributed by atoms with van der Waals surface area (Å²) in [5.41, 5.74) is 1.67. The number of halogens is 4. The van der Waals surface area contributed by atoms with Gasteiger partial charge < -0.3 is 4.98 Å². The first-order chi connectivity index (χ1) is 13.8. The van der Waals surface area contributed by atoms with Gasteiger partial charge in [-0.2, -0.15) is 13.2 Å². The molecule has 150 valence electrons. The molecular weight excluding hydrogens is 405 g/mol. The van der Waals surface area contributed by atoms with E-state index < -0.39 is 11.7 Å². The van der Waals surface area contributed by atoms with Crippen molar-refractivity contribution >= 4 is 11.6 Å². The summed E-state index contributed by atoms with van der Waals surface area (Å²) in [6, 6.07) is 8.20. The molecule has 1 N–H and O–H groups in total. The molecule has 0 aliphatic carbocycles. The summed E-state index contributed by atoms with van der Waals surface area (Å²) >= 11 is 5.81. The molecule has 2 aromatic heterocycles. The van der Waals surface area contributed by atoms with Crippen LogP contribution < -0.4 is 5.56 Å². The molecule has 4 rings (SSSR count). The van der Waals surface area contributed by atoms with Crippen molar-refractivity contribution in [2.75, 3.05) is 6.54 Å². The average Bonchev–Trinajstić information content (AvgIpc) is 2.69. The lowest BCUT2D eigenvalue weighted by Crippen LogP contribution is -2.35. The van der Waals surface area contributed by atoms with Crippen LogP contribution in [0.4, 0.5) is 13.2 Å². The van der Waals surface area contributed by atoms with Gasteiger partial charge in [-0.05, 0) is 30.2 Å². The van der Waals surface area contributed by atoms with Crippen LogP contribution >= 0.6 is 11.6 Å². The Morgan fingerprint density at radius 1 is 1.14 bits per heavy atom. The molecule has 3 heterocycles. The molecular formula is C20H16ClF3N4O. The second-order valence-electron chi connectivity index (χ2n) is 6.86. The van der Waals surface area contributed by atoms with E-state index in [0.29, 0.717) is 48.0 Å². The number of nitrogens with zero attached hydrogens (tertiary/aromatic N) is 3. The van der Waals surface area contributed by atoms with Gasteiger partial charge in [0.2, 0.25) is 0 Å². The number of fused-ring (bicyclic) bond motifs is 1. The zero-order chi connectivity index (χ0) is 20.6. The Balaban J connectivity index is 1.58. The van der Waals surface area contributed by atoms with E-state index in [1.807, 2.05) is 6.07 Å². The van der Waals surface area contributed by atoms with Crippen molar-refractivity contribution in [3.63, 3.8) is 0 Å². The number of H-pyrrole nitrogens is 1. The van der Waals surface area contributed by atoms with Crippen molar-refractivity contribution < 1.29 is 13.2 Å². The fraction of sp³-hybridized carbons (Fsp3) is 0.250. The van der Waals surface area contributed by atoms with Crippen LogP contribution in [-0.4, -0.2) is 26.4 Å². The highest BCUT2D eigenvalue weighted by atomic mass is 35.5. The summed E-state index contributed by atoms with van der Waals surface area (Å²) in [4.78, 5) is 25.9. The summed E-state index contributed by atoms with van der Waals surface area (Å²) in [6.45, 7) is 1.79. The second-order valence-corrected chi connectivity index (χ2v) is 7.25. The third-order valence-corrected chi connectivity index (χ3v) is 5.06. The van der Waals surface area contributed by atoms with Crippen LogP contribution in [-0.2, 0) is 25.7 Å². The van der Waals surface area contributed by atoms with Gasteiger partial charge in [0, 0.05) is 37.0 Å². The molecule has 5 nitrogen and oxygen atoms in total. The third-order valence-electron chi connectivity index (χ3n) is 4.83. The smallest absolute Gasteiger partial charge is 0.306 e. The Hall–Kier alpha value is -2.71. The van der Waals surface area contributed by atoms with Gasteiger partial charge in [0.25, 0.3) is 5.56 Å². The molecule has 0 radical (unpaired) electrons. The molecule has 0 bridgehead atoms. The topological polar surface area (TPSA) is 61.9 Å². The number of aromatic nitrogens is 3. The Morgan fingerprint density at radius 2 is 1.90 bits per heavy atom. The SMILES string of the molecule is O=c1[nH]c(-c2ccc(C(F)(F)F)cc2)nc2c1CCN(Cc1ccc(Cl)nc1)C2. The van der Waals surface area contributed by atoms with Gasteiger partial charge in [0.15, 0.2) is 0 Å². The van der Waals surface area contributed by atoms with E-state index in [0.717, 1.165) is 17.7 Å². The molecule has 0 atom stereocenters. The van der Waals surface area contributed by atoms with Gasteiger partial charge >= 0.3 is 6.18 Å². The number of benzene rings is 1. The molecule has 0 saturated carbocycles. The molecule has 0 fully saturated rings. The lowest BCUT2D eigenvalue weighted by Gasteiger charge is -2.27. The molecule has 1 aromatic carbocycles. The Labute approximate surface area is 169 Å². The lowest BCUT2D eigenvalue weighted by molar-refractivity contribution is -0.137. The highest BCUT2D eigenvalue weighted by molar-refractivity contribution is 6.29. The van der Waals surface area contributed by atoms with E-state index in [-0.39, 0.29) is 11.4 Å². The van der Waals surface area contributed by atoms with Gasteiger partial charge in [-0.3, -0.25) is 9.69 Å². The van der Waals surface area contributed by atoms with Crippen LogP contribution in [0.1, 0.15) is 22.4 Å². The van der Waals surface area contributed by atoms with E-state index in [1.54, 1.807) is 12.3 Å². The van der Waals surface area contributed by atoms with Crippen molar-refractivity contribution in [2.45, 2.75) is 25.7 Å². The number of aromatic amines is 1. The van der Waals surface area contributed by atoms with E-state index in [1.165, 1.54) is 12.1 Å². The van der Waals surface area contributed by atoms with Gasteiger partial charge in [0.05, 0.1) is 11.3 Å². The monoisotopic (exact) mass is 420 g/mol. The lowest BCUT2D eigenvalue weighted by atomic mass is 10.0. The Kier molecular flexibility index (Phi) is 5.14. The van der Waals surface area contributed by atoms with Crippen LogP contribution in [0.5, 0.6) is 0 Å². The second kappa shape index (κ2) is 7.61. The van der Waals surface area contributed by atoms with Crippen LogP contribution in [0.3, 0.4) is 0 Å². The quantitative estimate of drug-likeness (QED) is 0.649. The van der Waals surface area contributed by atoms with E-state index in [2.05, 4.69) is 19.9 Å². The molecule has 29 heavy (non-hydrogen) atoms. The van der Waals surface area contributed by atoms with E-state index >= 15 is 0 Å². The summed E-state index contributed by atoms with van der Waals surface area (Å²) in [7, 11) is 0. The minimum Gasteiger partial charge on any atom is -0.306 e. The van der Waals surface area contributed by atoms with Crippen molar-refractivity contribution in [2.24, 2.45) is 0 Å². The normalized spacial score (nSPS) is 14.6. The number of hydrogen-bond acceptors (Lipinski definition) is 4. The first-order valence-corrected chi connectivity index (χ1v) is 9.30. The van der Waals surface area contributed by atoms with Gasteiger partial charge in [-0.1, -0.05) is 29.8 Å². The summed E-state index contributed by atoms with van der Waals surface area (Å²) in [6.07, 6.45) is -2.16. The first-order valence-electron chi connectivity index (χ1n) is 8.92. The van der Waals surface area contributed by atoms with Gasteiger partial charge in [-0.15, -0.1) is 0 Å². The highest BCUT2D eigenvalue weighted by Gasteiger charge is 2.30. The summed E-state index contributed by atoms with van der Waals surface area (Å²) in [5, 5.41) is 0.423. The zero-order valence-corrected chi connectivity index (χ0v) is 15.9. The molecule has 9 heteroatoms. The van der Waals surface area contributed by atoms with Crippen molar-refractivity contribution in [1.29, 1.82) is 0 Å². The van der Waals surface area contributed by atoms with Crippen molar-refractivity contribution in [3.05, 3.63) is 80.5 Å². The van der Waals surface area contributed by atoms with Gasteiger partial charge in [0.1, 0.15) is 11.0 Å². The minimum absolute atomic E-state index is 0.252. The predicted octanol–water partition coefficient (Wildman–Crippen LogP) is 4.06. The predicted molar refractivity (Wildman–Crippen MR) is 102 cm³/mol. The zero-order valence-electron chi connectivity index (χ0n) is 15.1. The van der Waals surface area contributed by atoms with Crippen LogP contribution in [0.2, 0.25) is 5.15 Å². The molecule has 1 aliphatic rings. The average molecular weight is 421 g/mol. The summed E-state index contributed by atoms with van der Waals surface area (Å²) in [5.74, 6) is 0.262. The van der Waals surface area contributed by atoms with Crippen LogP contribution in [0.25, 0.3) is 11.4 Å². The Morgan fingerprint density at radius 3 is 2.55 bits per heavy atom. The standard InChI is InChI=1S/C20H16ClF3N4O/c21-17-6-1-12(9-25-17)10-28-8-7-15-16(11-28)26-18(27-19(15)29)13-2-4-14(5-3-13)20(22,23)24/h1-6,9H,7-8,10-11H2,(H,26,27,29). The fourth-order valence-corrected chi connectivity index (χ4v) is 3.45. The maximum Gasteiger partial charge on any atom is 0.416 e. The van der Waals surface area contributed by atoms with Gasteiger partial charge in [-0.25, -0.2) is 9.97 Å². The maximum absolute atomic E-state index is 12.8. The summed E-state index contributed by atoms with van der Waals surface area (Å²) < 4.78 is 38.3. The molecule has 0 spiro atoms. The van der Waals surface area contributed by atoms with Crippen LogP contribution in [0, 0.1) is 0 Å². The fourth-order valence-electron chi connectivity index (χ4n) is 3.34. The first kappa shape index (κ1) is 19.6. The van der Waals surface area contributed by atoms with E-state index in [4.69, 9.17) is 11.6 Å². The molecule has 1 aliphatic heterocycles. The largest absolute Gasteiger partial charge is 0.416 e. The number of nitrogens with one attached hydrogen (secondary N) is 1. The molecule has 0 unspecified atom stereocenters. The molecule has 0 amide bonds. The maximum atomic E-state index is 12.8. The molecule has 3 aromatic rings. The van der Waals surface area contributed by atoms with Crippen molar-refractivity contribution in [3.8, 4) is 11.4 Å². The Bertz CT molecular complexity index is 1080. The number of alkyl halides is 3. The molecule has 0 saturated heterocycles. The van der Waals surface area contributed by atoms with E-state index in [9.17, 15) is 18.0 Å². The number of hydrogen-bond donors (Lipinski definition) is 1. The highest BCUT2D eigenvalue weighted by Crippen LogP contribution is 2.30. The third kappa shape index (κ3) is 4.33. The van der Waals surface area contributed by atoms with Crippen LogP contribution in [0.15, 0.2) is 47.4 Å². The number of pyridine rings is 1. The van der Waals surface area contributed by atoms with Crippen molar-refractivity contribution in [1.82, 2.24) is 19.9 Å².